The van der Waals surface area contributed by atoms with Gasteiger partial charge >= 0.3 is 0 Å². The van der Waals surface area contributed by atoms with E-state index in [1.807, 2.05) is 30.3 Å². The SMILES string of the molecule is CC(C)CN(c1ccc(C2(OC=O)CCC2)cc1N)C1CCS(=O)(=O)CC1.CC(C)CN(c1ccc(C2(OC=O)CCC2)cc1NC(=O)Cc1ccc(F)cc1F)C1CCS(=O)(=O)CC1.O=C=Nc1ccc(F)cc1F. The van der Waals surface area contributed by atoms with Crippen LogP contribution in [0.3, 0.4) is 0 Å². The second-order valence-corrected chi connectivity index (χ2v) is 25.4. The standard InChI is InChI=1S/C28H34F2N2O5S.C20H30N2O4S.C7H3F2NO/c1-19(2)17-32(23-8-12-38(35,36)13-9-23)26-7-5-21(28(37-18-33)10-3-11-28)15-25(26)31-27(34)14-20-4-6-22(29)16-24(20)30;1-15(2)13-22(17-6-10-27(24,25)11-7-17)19-5-4-16(12-18(19)21)20(26-14-23)8-3-9-20;8-5-1-2-7(10-4-11)6(9)3-5/h4-7,15-16,18-19,23H,3,8-14,17H2,1-2H3,(H,31,34);4-5,12,14-15,17H,3,6-11,13,21H2,1-2H3;1-3H. The summed E-state index contributed by atoms with van der Waals surface area (Å²) in [5.41, 5.74) is 9.48. The molecule has 8 rings (SSSR count). The molecule has 76 heavy (non-hydrogen) atoms. The Morgan fingerprint density at radius 3 is 1.58 bits per heavy atom. The number of ether oxygens (including phenoxy) is 2. The lowest BCUT2D eigenvalue weighted by molar-refractivity contribution is -0.156. The Labute approximate surface area is 442 Å². The molecule has 2 heterocycles. The second kappa shape index (κ2) is 25.7. The summed E-state index contributed by atoms with van der Waals surface area (Å²) in [7, 11) is -5.97. The highest BCUT2D eigenvalue weighted by atomic mass is 32.2. The highest BCUT2D eigenvalue weighted by Crippen LogP contribution is 2.48. The molecule has 0 atom stereocenters. The summed E-state index contributed by atoms with van der Waals surface area (Å²) < 4.78 is 111. The van der Waals surface area contributed by atoms with E-state index in [2.05, 4.69) is 47.8 Å². The van der Waals surface area contributed by atoms with Crippen molar-refractivity contribution < 1.29 is 63.0 Å². The molecule has 0 unspecified atom stereocenters. The highest BCUT2D eigenvalue weighted by molar-refractivity contribution is 7.91. The third-order valence-corrected chi connectivity index (χ3v) is 17.8. The number of nitrogens with one attached hydrogen (secondary N) is 1. The van der Waals surface area contributed by atoms with Crippen molar-refractivity contribution in [3.8, 4) is 0 Å². The van der Waals surface area contributed by atoms with Gasteiger partial charge in [0.2, 0.25) is 12.0 Å². The smallest absolute Gasteiger partial charge is 0.293 e. The number of anilines is 4. The van der Waals surface area contributed by atoms with Crippen LogP contribution in [0.1, 0.15) is 109 Å². The molecule has 4 aromatic carbocycles. The van der Waals surface area contributed by atoms with Crippen molar-refractivity contribution in [3.05, 3.63) is 113 Å². The fourth-order valence-electron chi connectivity index (χ4n) is 10.1. The van der Waals surface area contributed by atoms with Gasteiger partial charge in [-0.1, -0.05) is 45.9 Å². The van der Waals surface area contributed by atoms with Gasteiger partial charge in [-0.25, -0.2) is 39.2 Å². The largest absolute Gasteiger partial charge is 0.456 e. The predicted octanol–water partition coefficient (Wildman–Crippen LogP) is 9.53. The van der Waals surface area contributed by atoms with E-state index in [4.69, 9.17) is 15.2 Å². The highest BCUT2D eigenvalue weighted by Gasteiger charge is 2.43. The Hall–Kier alpha value is -6.31. The number of nitrogens with zero attached hydrogens (tertiary/aromatic N) is 3. The summed E-state index contributed by atoms with van der Waals surface area (Å²) in [5.74, 6) is -2.21. The van der Waals surface area contributed by atoms with Crippen molar-refractivity contribution >= 4 is 73.0 Å². The van der Waals surface area contributed by atoms with E-state index in [-0.39, 0.29) is 58.7 Å². The van der Waals surface area contributed by atoms with Crippen LogP contribution in [0.15, 0.2) is 77.8 Å². The lowest BCUT2D eigenvalue weighted by Gasteiger charge is -2.42. The first-order valence-corrected chi connectivity index (χ1v) is 29.1. The Morgan fingerprint density at radius 1 is 0.697 bits per heavy atom. The van der Waals surface area contributed by atoms with E-state index in [9.17, 15) is 53.6 Å². The van der Waals surface area contributed by atoms with Crippen LogP contribution >= 0.6 is 0 Å². The maximum atomic E-state index is 14.2. The molecule has 1 amide bonds. The molecule has 21 heteroatoms. The van der Waals surface area contributed by atoms with Crippen LogP contribution in [-0.4, -0.2) is 90.0 Å². The molecule has 0 aromatic heterocycles. The van der Waals surface area contributed by atoms with E-state index >= 15 is 0 Å². The minimum atomic E-state index is -3.07. The number of hydrogen-bond donors (Lipinski definition) is 2. The Morgan fingerprint density at radius 2 is 1.16 bits per heavy atom. The molecular weight excluding hydrogens is 1030 g/mol. The summed E-state index contributed by atoms with van der Waals surface area (Å²) in [6, 6.07) is 17.4. The zero-order valence-electron chi connectivity index (χ0n) is 43.2. The number of carbonyl (C=O) groups excluding carboxylic acids is 4. The number of aliphatic imine (C=N–C) groups is 1. The second-order valence-electron chi connectivity index (χ2n) is 20.7. The minimum absolute atomic E-state index is 0.0409. The number of nitrogens with two attached hydrogens (primary N) is 1. The normalized spacial score (nSPS) is 18.1. The van der Waals surface area contributed by atoms with E-state index in [0.717, 1.165) is 85.1 Å². The Bertz CT molecular complexity index is 2960. The average Bonchev–Trinajstić information content (AvgIpc) is 3.33. The van der Waals surface area contributed by atoms with Crippen molar-refractivity contribution in [2.45, 2.75) is 122 Å². The number of rotatable bonds is 18. The average molecular weight is 1100 g/mol. The third-order valence-electron chi connectivity index (χ3n) is 14.3. The molecule has 3 N–H and O–H groups in total. The van der Waals surface area contributed by atoms with Crippen LogP contribution in [0.25, 0.3) is 0 Å². The van der Waals surface area contributed by atoms with Gasteiger partial charge in [0.05, 0.1) is 52.2 Å². The van der Waals surface area contributed by atoms with E-state index in [1.54, 1.807) is 6.07 Å². The molecule has 0 spiro atoms. The quantitative estimate of drug-likeness (QED) is 0.0313. The molecule has 15 nitrogen and oxygen atoms in total. The number of nitrogen functional groups attached to an aromatic ring is 1. The Kier molecular flexibility index (Phi) is 19.9. The lowest BCUT2D eigenvalue weighted by Crippen LogP contribution is -2.43. The van der Waals surface area contributed by atoms with Crippen molar-refractivity contribution in [2.75, 3.05) is 57.0 Å². The number of sulfone groups is 2. The van der Waals surface area contributed by atoms with E-state index in [1.165, 1.54) is 6.07 Å². The van der Waals surface area contributed by atoms with Crippen LogP contribution in [0, 0.1) is 35.1 Å². The Balaban J connectivity index is 0.000000213. The first kappa shape index (κ1) is 58.9. The number of amides is 1. The molecule has 4 fully saturated rings. The van der Waals surface area contributed by atoms with Crippen LogP contribution < -0.4 is 20.9 Å². The molecule has 4 aliphatic rings. The lowest BCUT2D eigenvalue weighted by atomic mass is 9.74. The first-order chi connectivity index (χ1) is 36.0. The van der Waals surface area contributed by atoms with Crippen LogP contribution in [0.5, 0.6) is 0 Å². The number of isocyanates is 1. The summed E-state index contributed by atoms with van der Waals surface area (Å²) in [6.07, 6.45) is 7.98. The summed E-state index contributed by atoms with van der Waals surface area (Å²) >= 11 is 0. The number of benzene rings is 4. The minimum Gasteiger partial charge on any atom is -0.456 e. The summed E-state index contributed by atoms with van der Waals surface area (Å²) in [5, 5.41) is 2.91. The molecule has 2 saturated carbocycles. The first-order valence-electron chi connectivity index (χ1n) is 25.5. The van der Waals surface area contributed by atoms with Gasteiger partial charge < -0.3 is 30.3 Å². The monoisotopic (exact) mass is 1100 g/mol. The van der Waals surface area contributed by atoms with Gasteiger partial charge in [-0.05, 0) is 135 Å². The molecule has 2 aliphatic heterocycles. The van der Waals surface area contributed by atoms with Crippen molar-refractivity contribution in [1.82, 2.24) is 0 Å². The number of carbonyl (C=O) groups is 3. The molecule has 0 bridgehead atoms. The molecule has 412 valence electrons. The predicted molar refractivity (Wildman–Crippen MR) is 283 cm³/mol. The maximum Gasteiger partial charge on any atom is 0.293 e. The van der Waals surface area contributed by atoms with Gasteiger partial charge in [-0.2, -0.15) is 4.99 Å². The van der Waals surface area contributed by atoms with Crippen LogP contribution in [-0.2, 0) is 65.9 Å². The van der Waals surface area contributed by atoms with Gasteiger partial charge in [0.25, 0.3) is 12.9 Å². The van der Waals surface area contributed by atoms with Gasteiger partial charge in [0.1, 0.15) is 54.0 Å². The van der Waals surface area contributed by atoms with Gasteiger partial charge in [-0.15, -0.1) is 0 Å². The fraction of sp³-hybridized carbons (Fsp3) is 0.491. The zero-order valence-corrected chi connectivity index (χ0v) is 44.9. The van der Waals surface area contributed by atoms with Gasteiger partial charge in [0.15, 0.2) is 5.82 Å². The maximum absolute atomic E-state index is 14.2. The van der Waals surface area contributed by atoms with E-state index in [0.29, 0.717) is 81.4 Å². The topological polar surface area (TPSA) is 212 Å². The van der Waals surface area contributed by atoms with E-state index < -0.39 is 60.1 Å². The van der Waals surface area contributed by atoms with Crippen molar-refractivity contribution in [1.29, 1.82) is 0 Å². The molecule has 2 saturated heterocycles. The molecular formula is C55H67F4N5O10S2. The number of halogens is 4. The third kappa shape index (κ3) is 15.2. The number of hydrogen-bond acceptors (Lipinski definition) is 14. The molecule has 4 aromatic rings. The molecule has 0 radical (unpaired) electrons. The van der Waals surface area contributed by atoms with Crippen molar-refractivity contribution in [2.24, 2.45) is 16.8 Å². The summed E-state index contributed by atoms with van der Waals surface area (Å²) in [6.45, 7) is 10.9. The van der Waals surface area contributed by atoms with Crippen LogP contribution in [0.2, 0.25) is 0 Å². The fourth-order valence-corrected chi connectivity index (χ4v) is 13.0. The van der Waals surface area contributed by atoms with Gasteiger partial charge in [-0.3, -0.25) is 14.4 Å². The zero-order chi connectivity index (χ0) is 55.4. The van der Waals surface area contributed by atoms with Crippen LogP contribution in [0.4, 0.5) is 46.0 Å². The van der Waals surface area contributed by atoms with Gasteiger partial charge in [0, 0.05) is 37.3 Å². The van der Waals surface area contributed by atoms with Crippen molar-refractivity contribution in [3.63, 3.8) is 0 Å². The molecule has 2 aliphatic carbocycles. The summed E-state index contributed by atoms with van der Waals surface area (Å²) in [4.78, 5) is 52.3.